The van der Waals surface area contributed by atoms with Crippen LogP contribution < -0.4 is 14.8 Å². The van der Waals surface area contributed by atoms with Crippen LogP contribution in [0.4, 0.5) is 19.0 Å². The summed E-state index contributed by atoms with van der Waals surface area (Å²) in [7, 11) is 1.51. The lowest BCUT2D eigenvalue weighted by atomic mass is 10.3. The maximum absolute atomic E-state index is 12.6. The van der Waals surface area contributed by atoms with Crippen LogP contribution in [0.5, 0.6) is 17.5 Å². The second-order valence-corrected chi connectivity index (χ2v) is 5.72. The van der Waals surface area contributed by atoms with E-state index in [4.69, 9.17) is 9.84 Å². The van der Waals surface area contributed by atoms with E-state index in [1.807, 2.05) is 0 Å². The number of nitrogens with zero attached hydrogens (tertiary/aromatic N) is 3. The number of aliphatic hydroxyl groups excluding tert-OH is 1. The van der Waals surface area contributed by atoms with E-state index < -0.39 is 18.0 Å². The molecule has 0 saturated carbocycles. The molecule has 0 radical (unpaired) electrons. The Labute approximate surface area is 164 Å². The van der Waals surface area contributed by atoms with Crippen molar-refractivity contribution in [3.8, 4) is 17.5 Å². The van der Waals surface area contributed by atoms with Crippen molar-refractivity contribution in [1.82, 2.24) is 14.6 Å². The van der Waals surface area contributed by atoms with E-state index in [-0.39, 0.29) is 49.4 Å². The van der Waals surface area contributed by atoms with Crippen LogP contribution in [0.3, 0.4) is 0 Å². The molecule has 9 nitrogen and oxygen atoms in total. The summed E-state index contributed by atoms with van der Waals surface area (Å²) in [4.78, 5) is 16.7. The van der Waals surface area contributed by atoms with Crippen molar-refractivity contribution in [1.29, 1.82) is 0 Å². The lowest BCUT2D eigenvalue weighted by molar-refractivity contribution is -0.274. The number of alkyl halides is 3. The smallest absolute Gasteiger partial charge is 0.425 e. The van der Waals surface area contributed by atoms with Crippen molar-refractivity contribution in [2.75, 3.05) is 25.5 Å². The number of amides is 1. The summed E-state index contributed by atoms with van der Waals surface area (Å²) in [5.41, 5.74) is -0.00636. The van der Waals surface area contributed by atoms with Crippen molar-refractivity contribution < 1.29 is 37.8 Å². The van der Waals surface area contributed by atoms with Crippen LogP contribution in [0.15, 0.2) is 24.3 Å². The van der Waals surface area contributed by atoms with Gasteiger partial charge in [-0.25, -0.2) is 5.06 Å². The summed E-state index contributed by atoms with van der Waals surface area (Å²) in [6.45, 7) is 1.61. The number of halogens is 3. The Bertz CT molecular complexity index is 841. The predicted octanol–water partition coefficient (Wildman–Crippen LogP) is 2.85. The summed E-state index contributed by atoms with van der Waals surface area (Å²) >= 11 is 0. The SMILES string of the molecule is CCn1c(Oc2cccc(OC(F)(F)F)c2)nc(NC)c1C(=O)N(O)CCCO. The molecule has 29 heavy (non-hydrogen) atoms. The number of anilines is 1. The van der Waals surface area contributed by atoms with E-state index in [1.165, 1.54) is 23.7 Å². The third-order valence-electron chi connectivity index (χ3n) is 3.70. The third kappa shape index (κ3) is 5.74. The number of hydroxylamine groups is 2. The molecule has 2 rings (SSSR count). The van der Waals surface area contributed by atoms with Gasteiger partial charge in [0.1, 0.15) is 11.5 Å². The molecular weight excluding hydrogens is 397 g/mol. The fourth-order valence-electron chi connectivity index (χ4n) is 2.48. The van der Waals surface area contributed by atoms with Gasteiger partial charge < -0.3 is 19.9 Å². The average molecular weight is 418 g/mol. The molecule has 12 heteroatoms. The number of hydrogen-bond acceptors (Lipinski definition) is 7. The van der Waals surface area contributed by atoms with Crippen molar-refractivity contribution in [3.63, 3.8) is 0 Å². The Balaban J connectivity index is 2.34. The Kier molecular flexibility index (Phi) is 7.29. The minimum Gasteiger partial charge on any atom is -0.425 e. The van der Waals surface area contributed by atoms with Gasteiger partial charge in [-0.1, -0.05) is 6.07 Å². The van der Waals surface area contributed by atoms with Crippen LogP contribution in [-0.4, -0.2) is 57.4 Å². The van der Waals surface area contributed by atoms with Gasteiger partial charge in [0.2, 0.25) is 0 Å². The molecule has 0 aliphatic rings. The molecule has 1 heterocycles. The monoisotopic (exact) mass is 418 g/mol. The summed E-state index contributed by atoms with van der Waals surface area (Å²) < 4.78 is 48.0. The van der Waals surface area contributed by atoms with Gasteiger partial charge in [0.05, 0.1) is 6.54 Å². The molecule has 3 N–H and O–H groups in total. The molecule has 0 aliphatic carbocycles. The lowest BCUT2D eigenvalue weighted by Gasteiger charge is -2.16. The van der Waals surface area contributed by atoms with E-state index in [0.29, 0.717) is 5.06 Å². The van der Waals surface area contributed by atoms with Crippen LogP contribution in [0.2, 0.25) is 0 Å². The summed E-state index contributed by atoms with van der Waals surface area (Å²) in [5, 5.41) is 21.9. The number of aliphatic hydroxyl groups is 1. The molecule has 0 saturated heterocycles. The Morgan fingerprint density at radius 2 is 2.03 bits per heavy atom. The molecule has 0 unspecified atom stereocenters. The number of aromatic nitrogens is 2. The minimum atomic E-state index is -4.85. The van der Waals surface area contributed by atoms with Gasteiger partial charge in [-0.2, -0.15) is 4.98 Å². The van der Waals surface area contributed by atoms with E-state index >= 15 is 0 Å². The Morgan fingerprint density at radius 3 is 2.62 bits per heavy atom. The van der Waals surface area contributed by atoms with E-state index in [9.17, 15) is 23.2 Å². The molecule has 0 atom stereocenters. The van der Waals surface area contributed by atoms with Gasteiger partial charge in [0, 0.05) is 26.3 Å². The largest absolute Gasteiger partial charge is 0.573 e. The quantitative estimate of drug-likeness (QED) is 0.424. The molecule has 2 aromatic rings. The number of ether oxygens (including phenoxy) is 2. The topological polar surface area (TPSA) is 109 Å². The average Bonchev–Trinajstić information content (AvgIpc) is 3.01. The molecule has 1 aromatic heterocycles. The zero-order chi connectivity index (χ0) is 21.6. The van der Waals surface area contributed by atoms with Crippen LogP contribution in [0.1, 0.15) is 23.8 Å². The first-order valence-corrected chi connectivity index (χ1v) is 8.63. The first-order chi connectivity index (χ1) is 13.7. The highest BCUT2D eigenvalue weighted by atomic mass is 19.4. The van der Waals surface area contributed by atoms with Crippen LogP contribution in [0, 0.1) is 0 Å². The second kappa shape index (κ2) is 9.47. The molecule has 160 valence electrons. The first-order valence-electron chi connectivity index (χ1n) is 8.63. The number of hydrogen-bond donors (Lipinski definition) is 3. The maximum Gasteiger partial charge on any atom is 0.573 e. The Morgan fingerprint density at radius 1 is 1.34 bits per heavy atom. The normalized spacial score (nSPS) is 11.3. The standard InChI is InChI=1S/C17H21F3N4O5/c1-3-23-13(15(26)24(27)8-5-9-25)14(21-2)22-16(23)28-11-6-4-7-12(10-11)29-17(18,19)20/h4,6-7,10,21,25,27H,3,5,8-9H2,1-2H3. The van der Waals surface area contributed by atoms with Crippen LogP contribution in [0.25, 0.3) is 0 Å². The zero-order valence-electron chi connectivity index (χ0n) is 15.7. The van der Waals surface area contributed by atoms with Gasteiger partial charge in [-0.3, -0.25) is 14.6 Å². The number of carbonyl (C=O) groups excluding carboxylic acids is 1. The van der Waals surface area contributed by atoms with Gasteiger partial charge >= 0.3 is 12.4 Å². The van der Waals surface area contributed by atoms with E-state index in [2.05, 4.69) is 15.0 Å². The van der Waals surface area contributed by atoms with E-state index in [1.54, 1.807) is 6.92 Å². The molecule has 0 spiro atoms. The van der Waals surface area contributed by atoms with Crippen molar-refractivity contribution in [2.24, 2.45) is 0 Å². The highest BCUT2D eigenvalue weighted by Crippen LogP contribution is 2.31. The van der Waals surface area contributed by atoms with Crippen LogP contribution in [-0.2, 0) is 6.54 Å². The predicted molar refractivity (Wildman–Crippen MR) is 95.2 cm³/mol. The number of benzene rings is 1. The molecule has 1 amide bonds. The second-order valence-electron chi connectivity index (χ2n) is 5.72. The first kappa shape index (κ1) is 22.3. The molecule has 0 fully saturated rings. The maximum atomic E-state index is 12.6. The highest BCUT2D eigenvalue weighted by Gasteiger charge is 2.31. The number of nitrogens with one attached hydrogen (secondary N) is 1. The number of rotatable bonds is 9. The highest BCUT2D eigenvalue weighted by molar-refractivity contribution is 5.97. The minimum absolute atomic E-state index is 0.00636. The summed E-state index contributed by atoms with van der Waals surface area (Å²) in [6.07, 6.45) is -4.68. The zero-order valence-corrected chi connectivity index (χ0v) is 15.7. The molecule has 0 bridgehead atoms. The van der Waals surface area contributed by atoms with Gasteiger partial charge in [0.25, 0.3) is 5.91 Å². The van der Waals surface area contributed by atoms with Crippen molar-refractivity contribution in [2.45, 2.75) is 26.3 Å². The van der Waals surface area contributed by atoms with Gasteiger partial charge in [-0.05, 0) is 25.5 Å². The van der Waals surface area contributed by atoms with Crippen molar-refractivity contribution >= 4 is 11.7 Å². The van der Waals surface area contributed by atoms with E-state index in [0.717, 1.165) is 12.1 Å². The molecule has 1 aromatic carbocycles. The fraction of sp³-hybridized carbons (Fsp3) is 0.412. The fourth-order valence-corrected chi connectivity index (χ4v) is 2.48. The van der Waals surface area contributed by atoms with Gasteiger partial charge in [0.15, 0.2) is 11.5 Å². The lowest BCUT2D eigenvalue weighted by Crippen LogP contribution is -2.31. The Hall–Kier alpha value is -2.99. The van der Waals surface area contributed by atoms with Crippen LogP contribution >= 0.6 is 0 Å². The molecular formula is C17H21F3N4O5. The summed E-state index contributed by atoms with van der Waals surface area (Å²) in [6, 6.07) is 4.79. The third-order valence-corrected chi connectivity index (χ3v) is 3.70. The number of imidazole rings is 1. The van der Waals surface area contributed by atoms with Gasteiger partial charge in [-0.15, -0.1) is 13.2 Å². The number of carbonyl (C=O) groups is 1. The summed E-state index contributed by atoms with van der Waals surface area (Å²) in [5.74, 6) is -1.13. The molecule has 0 aliphatic heterocycles. The van der Waals surface area contributed by atoms with Crippen molar-refractivity contribution in [3.05, 3.63) is 30.0 Å².